The molecule has 3 rings (SSSR count). The van der Waals surface area contributed by atoms with E-state index in [1.165, 1.54) is 5.56 Å². The van der Waals surface area contributed by atoms with Gasteiger partial charge in [-0.1, -0.05) is 25.1 Å². The summed E-state index contributed by atoms with van der Waals surface area (Å²) in [5.41, 5.74) is 3.11. The summed E-state index contributed by atoms with van der Waals surface area (Å²) in [6.07, 6.45) is 0.962. The van der Waals surface area contributed by atoms with E-state index in [1.54, 1.807) is 14.2 Å². The molecule has 0 aliphatic carbocycles. The van der Waals surface area contributed by atoms with E-state index in [0.29, 0.717) is 29.8 Å². The van der Waals surface area contributed by atoms with Gasteiger partial charge in [0.05, 0.1) is 20.8 Å². The van der Waals surface area contributed by atoms with Crippen molar-refractivity contribution >= 4 is 5.69 Å². The molecule has 0 fully saturated rings. The lowest BCUT2D eigenvalue weighted by Gasteiger charge is -2.08. The number of ether oxygens (including phenoxy) is 2. The highest BCUT2D eigenvalue weighted by Crippen LogP contribution is 2.31. The fraction of sp³-hybridized carbons (Fsp3) is 0.263. The Bertz CT molecular complexity index is 845. The Labute approximate surface area is 146 Å². The highest BCUT2D eigenvalue weighted by molar-refractivity contribution is 5.59. The number of anilines is 1. The van der Waals surface area contributed by atoms with Crippen molar-refractivity contribution < 1.29 is 13.9 Å². The molecule has 0 spiro atoms. The molecule has 1 aromatic heterocycles. The van der Waals surface area contributed by atoms with Crippen LogP contribution in [-0.2, 0) is 13.0 Å². The Hall–Kier alpha value is -3.02. The van der Waals surface area contributed by atoms with Gasteiger partial charge in [0.1, 0.15) is 0 Å². The number of methoxy groups -OCH3 is 2. The number of hydrogen-bond donors (Lipinski definition) is 1. The maximum atomic E-state index is 5.76. The molecule has 0 aliphatic rings. The van der Waals surface area contributed by atoms with Gasteiger partial charge >= 0.3 is 0 Å². The van der Waals surface area contributed by atoms with Crippen LogP contribution < -0.4 is 14.8 Å². The smallest absolute Gasteiger partial charge is 0.247 e. The van der Waals surface area contributed by atoms with Crippen LogP contribution in [0.2, 0.25) is 0 Å². The topological polar surface area (TPSA) is 69.4 Å². The summed E-state index contributed by atoms with van der Waals surface area (Å²) < 4.78 is 16.3. The van der Waals surface area contributed by atoms with E-state index in [0.717, 1.165) is 17.7 Å². The molecule has 2 aromatic carbocycles. The lowest BCUT2D eigenvalue weighted by atomic mass is 10.1. The van der Waals surface area contributed by atoms with Crippen molar-refractivity contribution in [2.24, 2.45) is 0 Å². The first-order valence-electron chi connectivity index (χ1n) is 8.11. The predicted octanol–water partition coefficient (Wildman–Crippen LogP) is 3.93. The van der Waals surface area contributed by atoms with Crippen LogP contribution in [0.4, 0.5) is 5.69 Å². The van der Waals surface area contributed by atoms with Crippen molar-refractivity contribution in [1.82, 2.24) is 10.2 Å². The van der Waals surface area contributed by atoms with Gasteiger partial charge in [0.25, 0.3) is 0 Å². The van der Waals surface area contributed by atoms with Crippen LogP contribution in [0.5, 0.6) is 11.5 Å². The predicted molar refractivity (Wildman–Crippen MR) is 96.0 cm³/mol. The molecule has 0 aliphatic heterocycles. The molecule has 0 bridgehead atoms. The number of aromatic nitrogens is 2. The Morgan fingerprint density at radius 3 is 2.56 bits per heavy atom. The molecular weight excluding hydrogens is 318 g/mol. The minimum Gasteiger partial charge on any atom is -0.493 e. The molecule has 0 saturated heterocycles. The molecule has 0 amide bonds. The first-order chi connectivity index (χ1) is 12.2. The summed E-state index contributed by atoms with van der Waals surface area (Å²) in [6.45, 7) is 2.60. The molecule has 1 heterocycles. The zero-order valence-electron chi connectivity index (χ0n) is 14.6. The first kappa shape index (κ1) is 16.8. The monoisotopic (exact) mass is 339 g/mol. The fourth-order valence-corrected chi connectivity index (χ4v) is 2.58. The van der Waals surface area contributed by atoms with Gasteiger partial charge in [-0.2, -0.15) is 0 Å². The van der Waals surface area contributed by atoms with Crippen molar-refractivity contribution in [2.75, 3.05) is 19.5 Å². The summed E-state index contributed by atoms with van der Waals surface area (Å²) in [6, 6.07) is 13.7. The number of hydrogen-bond acceptors (Lipinski definition) is 6. The molecule has 0 atom stereocenters. The molecule has 3 aromatic rings. The van der Waals surface area contributed by atoms with Gasteiger partial charge in [-0.05, 0) is 36.2 Å². The zero-order chi connectivity index (χ0) is 17.6. The highest BCUT2D eigenvalue weighted by atomic mass is 16.5. The van der Waals surface area contributed by atoms with Crippen LogP contribution >= 0.6 is 0 Å². The standard InChI is InChI=1S/C19H21N3O3/c1-4-13-7-5-6-8-15(13)20-12-18-21-22-19(25-18)14-9-10-16(23-2)17(11-14)24-3/h5-11,20H,4,12H2,1-3H3. The number of rotatable bonds is 7. The largest absolute Gasteiger partial charge is 0.493 e. The van der Waals surface area contributed by atoms with Crippen molar-refractivity contribution in [3.8, 4) is 23.0 Å². The molecule has 0 unspecified atom stereocenters. The van der Waals surface area contributed by atoms with Gasteiger partial charge in [0, 0.05) is 11.3 Å². The van der Waals surface area contributed by atoms with Crippen LogP contribution in [0.25, 0.3) is 11.5 Å². The number of nitrogens with one attached hydrogen (secondary N) is 1. The summed E-state index contributed by atoms with van der Waals surface area (Å²) in [5, 5.41) is 11.6. The number of nitrogens with zero attached hydrogens (tertiary/aromatic N) is 2. The van der Waals surface area contributed by atoms with Crippen LogP contribution in [0, 0.1) is 0 Å². The SMILES string of the molecule is CCc1ccccc1NCc1nnc(-c2ccc(OC)c(OC)c2)o1. The van der Waals surface area contributed by atoms with E-state index in [2.05, 4.69) is 28.5 Å². The van der Waals surface area contributed by atoms with Gasteiger partial charge in [0.15, 0.2) is 11.5 Å². The molecule has 6 heteroatoms. The normalized spacial score (nSPS) is 10.5. The van der Waals surface area contributed by atoms with E-state index in [1.807, 2.05) is 36.4 Å². The number of para-hydroxylation sites is 1. The van der Waals surface area contributed by atoms with Crippen molar-refractivity contribution in [2.45, 2.75) is 19.9 Å². The summed E-state index contributed by atoms with van der Waals surface area (Å²) in [4.78, 5) is 0. The molecule has 0 radical (unpaired) electrons. The van der Waals surface area contributed by atoms with Gasteiger partial charge in [-0.25, -0.2) is 0 Å². The summed E-state index contributed by atoms with van der Waals surface area (Å²) >= 11 is 0. The van der Waals surface area contributed by atoms with E-state index >= 15 is 0 Å². The minimum atomic E-state index is 0.446. The quantitative estimate of drug-likeness (QED) is 0.703. The average Bonchev–Trinajstić information content (AvgIpc) is 3.15. The van der Waals surface area contributed by atoms with Crippen molar-refractivity contribution in [3.63, 3.8) is 0 Å². The van der Waals surface area contributed by atoms with Crippen LogP contribution in [0.15, 0.2) is 46.9 Å². The molecule has 6 nitrogen and oxygen atoms in total. The summed E-state index contributed by atoms with van der Waals surface area (Å²) in [7, 11) is 3.19. The Morgan fingerprint density at radius 2 is 1.80 bits per heavy atom. The Kier molecular flexibility index (Phi) is 5.18. The molecular formula is C19H21N3O3. The fourth-order valence-electron chi connectivity index (χ4n) is 2.58. The van der Waals surface area contributed by atoms with Gasteiger partial charge in [-0.15, -0.1) is 10.2 Å². The second-order valence-electron chi connectivity index (χ2n) is 5.43. The van der Waals surface area contributed by atoms with Gasteiger partial charge in [0.2, 0.25) is 11.8 Å². The van der Waals surface area contributed by atoms with Gasteiger partial charge < -0.3 is 19.2 Å². The first-order valence-corrected chi connectivity index (χ1v) is 8.11. The van der Waals surface area contributed by atoms with E-state index < -0.39 is 0 Å². The van der Waals surface area contributed by atoms with Crippen molar-refractivity contribution in [3.05, 3.63) is 53.9 Å². The molecule has 130 valence electrons. The van der Waals surface area contributed by atoms with E-state index in [4.69, 9.17) is 13.9 Å². The van der Waals surface area contributed by atoms with E-state index in [-0.39, 0.29) is 0 Å². The highest BCUT2D eigenvalue weighted by Gasteiger charge is 2.12. The van der Waals surface area contributed by atoms with E-state index in [9.17, 15) is 0 Å². The Morgan fingerprint density at radius 1 is 1.00 bits per heavy atom. The third-order valence-corrected chi connectivity index (χ3v) is 3.93. The molecule has 0 saturated carbocycles. The summed E-state index contributed by atoms with van der Waals surface area (Å²) in [5.74, 6) is 2.25. The number of benzene rings is 2. The second kappa shape index (κ2) is 7.70. The second-order valence-corrected chi connectivity index (χ2v) is 5.43. The van der Waals surface area contributed by atoms with Crippen LogP contribution in [-0.4, -0.2) is 24.4 Å². The average molecular weight is 339 g/mol. The zero-order valence-corrected chi connectivity index (χ0v) is 14.6. The Balaban J connectivity index is 1.74. The van der Waals surface area contributed by atoms with Crippen LogP contribution in [0.3, 0.4) is 0 Å². The maximum Gasteiger partial charge on any atom is 0.247 e. The molecule has 1 N–H and O–H groups in total. The number of aryl methyl sites for hydroxylation is 1. The lowest BCUT2D eigenvalue weighted by molar-refractivity contribution is 0.355. The maximum absolute atomic E-state index is 5.76. The van der Waals surface area contributed by atoms with Crippen molar-refractivity contribution in [1.29, 1.82) is 0 Å². The minimum absolute atomic E-state index is 0.446. The van der Waals surface area contributed by atoms with Crippen LogP contribution in [0.1, 0.15) is 18.4 Å². The van der Waals surface area contributed by atoms with Gasteiger partial charge in [-0.3, -0.25) is 0 Å². The molecule has 25 heavy (non-hydrogen) atoms. The third-order valence-electron chi connectivity index (χ3n) is 3.93. The third kappa shape index (κ3) is 3.74. The lowest BCUT2D eigenvalue weighted by Crippen LogP contribution is -2.02.